The van der Waals surface area contributed by atoms with E-state index in [2.05, 4.69) is 15.5 Å². The smallest absolute Gasteiger partial charge is 0.417 e. The molecule has 10 heteroatoms. The topological polar surface area (TPSA) is 55.7 Å². The molecule has 0 radical (unpaired) electrons. The Hall–Kier alpha value is -2.78. The number of amidine groups is 1. The fourth-order valence-corrected chi connectivity index (χ4v) is 4.10. The number of benzene rings is 1. The van der Waals surface area contributed by atoms with Gasteiger partial charge >= 0.3 is 6.18 Å². The predicted molar refractivity (Wildman–Crippen MR) is 108 cm³/mol. The van der Waals surface area contributed by atoms with E-state index in [0.717, 1.165) is 10.9 Å². The number of pyridine rings is 1. The number of aromatic nitrogens is 1. The van der Waals surface area contributed by atoms with Gasteiger partial charge in [0.2, 0.25) is 0 Å². The first kappa shape index (κ1) is 20.5. The van der Waals surface area contributed by atoms with Gasteiger partial charge in [-0.2, -0.15) is 13.2 Å². The summed E-state index contributed by atoms with van der Waals surface area (Å²) >= 11 is 7.59. The summed E-state index contributed by atoms with van der Waals surface area (Å²) in [6.07, 6.45) is -1.68. The van der Waals surface area contributed by atoms with Gasteiger partial charge in [-0.1, -0.05) is 22.8 Å². The number of oxime groups is 1. The fraction of sp³-hybridized carbons (Fsp3) is 0.200. The van der Waals surface area contributed by atoms with E-state index in [0.29, 0.717) is 18.0 Å². The molecule has 0 saturated heterocycles. The molecule has 0 aliphatic carbocycles. The van der Waals surface area contributed by atoms with Crippen LogP contribution < -0.4 is 10.1 Å². The van der Waals surface area contributed by atoms with Crippen LogP contribution in [0.3, 0.4) is 0 Å². The summed E-state index contributed by atoms with van der Waals surface area (Å²) in [4.78, 5) is 11.6. The SMILES string of the molecule is Cc1ccc(C2CON=C(c3ccncc3Oc3cccc(C(F)(F)F)c3Cl)N2)s1. The predicted octanol–water partition coefficient (Wildman–Crippen LogP) is 5.94. The lowest BCUT2D eigenvalue weighted by Gasteiger charge is -2.24. The van der Waals surface area contributed by atoms with Gasteiger partial charge in [-0.15, -0.1) is 11.3 Å². The van der Waals surface area contributed by atoms with Crippen molar-refractivity contribution in [2.75, 3.05) is 6.61 Å². The first-order valence-electron chi connectivity index (χ1n) is 8.83. The molecule has 30 heavy (non-hydrogen) atoms. The van der Waals surface area contributed by atoms with Gasteiger partial charge in [0.1, 0.15) is 12.4 Å². The number of alkyl halides is 3. The van der Waals surface area contributed by atoms with Crippen molar-refractivity contribution in [2.45, 2.75) is 19.1 Å². The third kappa shape index (κ3) is 4.22. The van der Waals surface area contributed by atoms with E-state index in [1.54, 1.807) is 17.4 Å². The summed E-state index contributed by atoms with van der Waals surface area (Å²) in [6, 6.07) is 9.03. The van der Waals surface area contributed by atoms with Gasteiger partial charge in [0.05, 0.1) is 28.4 Å². The maximum Gasteiger partial charge on any atom is 0.417 e. The third-order valence-corrected chi connectivity index (χ3v) is 5.85. The van der Waals surface area contributed by atoms with Crippen LogP contribution in [0.2, 0.25) is 5.02 Å². The number of ether oxygens (including phenoxy) is 1. The maximum atomic E-state index is 13.1. The van der Waals surface area contributed by atoms with E-state index in [1.807, 2.05) is 19.1 Å². The highest BCUT2D eigenvalue weighted by Gasteiger charge is 2.34. The minimum absolute atomic E-state index is 0.116. The van der Waals surface area contributed by atoms with Crippen LogP contribution in [0.1, 0.15) is 26.9 Å². The molecule has 156 valence electrons. The normalized spacial score (nSPS) is 16.4. The number of thiophene rings is 1. The molecule has 0 spiro atoms. The summed E-state index contributed by atoms with van der Waals surface area (Å²) in [5.41, 5.74) is -0.492. The molecule has 1 aliphatic rings. The number of rotatable bonds is 4. The third-order valence-electron chi connectivity index (χ3n) is 4.34. The molecule has 1 atom stereocenters. The molecule has 0 saturated carbocycles. The molecule has 1 aromatic carbocycles. The molecular formula is C20H15ClF3N3O2S. The van der Waals surface area contributed by atoms with Crippen LogP contribution in [-0.4, -0.2) is 17.4 Å². The van der Waals surface area contributed by atoms with Crippen LogP contribution in [0.25, 0.3) is 0 Å². The van der Waals surface area contributed by atoms with Crippen molar-refractivity contribution in [3.8, 4) is 11.5 Å². The number of hydrogen-bond donors (Lipinski definition) is 1. The van der Waals surface area contributed by atoms with Gasteiger partial charge in [0.25, 0.3) is 0 Å². The van der Waals surface area contributed by atoms with Gasteiger partial charge in [-0.3, -0.25) is 4.98 Å². The zero-order valence-electron chi connectivity index (χ0n) is 15.5. The van der Waals surface area contributed by atoms with Crippen LogP contribution in [0, 0.1) is 6.92 Å². The zero-order chi connectivity index (χ0) is 21.3. The average Bonchev–Trinajstić information content (AvgIpc) is 3.16. The number of aryl methyl sites for hydroxylation is 1. The highest BCUT2D eigenvalue weighted by Crippen LogP contribution is 2.41. The Morgan fingerprint density at radius 3 is 2.77 bits per heavy atom. The molecule has 0 amide bonds. The van der Waals surface area contributed by atoms with Crippen LogP contribution in [0.15, 0.2) is 53.9 Å². The van der Waals surface area contributed by atoms with E-state index in [-0.39, 0.29) is 17.5 Å². The van der Waals surface area contributed by atoms with Gasteiger partial charge in [-0.05, 0) is 37.3 Å². The van der Waals surface area contributed by atoms with Gasteiger partial charge in [-0.25, -0.2) is 0 Å². The van der Waals surface area contributed by atoms with E-state index >= 15 is 0 Å². The van der Waals surface area contributed by atoms with Crippen molar-refractivity contribution < 1.29 is 22.7 Å². The molecule has 1 N–H and O–H groups in total. The van der Waals surface area contributed by atoms with E-state index in [4.69, 9.17) is 21.2 Å². The Morgan fingerprint density at radius 1 is 1.20 bits per heavy atom. The minimum Gasteiger partial charge on any atom is -0.453 e. The first-order chi connectivity index (χ1) is 14.3. The highest BCUT2D eigenvalue weighted by molar-refractivity contribution is 7.12. The first-order valence-corrected chi connectivity index (χ1v) is 10.0. The Labute approximate surface area is 179 Å². The molecule has 0 bridgehead atoms. The summed E-state index contributed by atoms with van der Waals surface area (Å²) in [5.74, 6) is 0.442. The average molecular weight is 454 g/mol. The second-order valence-corrected chi connectivity index (χ2v) is 8.17. The van der Waals surface area contributed by atoms with Crippen LogP contribution in [-0.2, 0) is 11.0 Å². The van der Waals surface area contributed by atoms with Crippen LogP contribution in [0.5, 0.6) is 11.5 Å². The molecule has 2 aromatic heterocycles. The Kier molecular flexibility index (Phi) is 5.57. The summed E-state index contributed by atoms with van der Waals surface area (Å²) in [6.45, 7) is 2.37. The number of hydrogen-bond acceptors (Lipinski definition) is 6. The van der Waals surface area contributed by atoms with Gasteiger partial charge in [0, 0.05) is 16.0 Å². The van der Waals surface area contributed by atoms with Gasteiger partial charge in [0.15, 0.2) is 11.6 Å². The van der Waals surface area contributed by atoms with Crippen molar-refractivity contribution in [3.05, 3.63) is 74.7 Å². The second-order valence-electron chi connectivity index (χ2n) is 6.47. The molecule has 1 unspecified atom stereocenters. The summed E-state index contributed by atoms with van der Waals surface area (Å²) in [5, 5.41) is 6.82. The minimum atomic E-state index is -4.59. The number of nitrogens with zero attached hydrogens (tertiary/aromatic N) is 2. The second kappa shape index (κ2) is 8.16. The summed E-state index contributed by atoms with van der Waals surface area (Å²) in [7, 11) is 0. The van der Waals surface area contributed by atoms with E-state index < -0.39 is 16.8 Å². The van der Waals surface area contributed by atoms with Crippen molar-refractivity contribution in [1.82, 2.24) is 10.3 Å². The molecule has 3 aromatic rings. The lowest BCUT2D eigenvalue weighted by Crippen LogP contribution is -2.35. The van der Waals surface area contributed by atoms with Crippen molar-refractivity contribution in [1.29, 1.82) is 0 Å². The molecule has 1 aliphatic heterocycles. The highest BCUT2D eigenvalue weighted by atomic mass is 35.5. The van der Waals surface area contributed by atoms with E-state index in [9.17, 15) is 13.2 Å². The fourth-order valence-electron chi connectivity index (χ4n) is 2.91. The lowest BCUT2D eigenvalue weighted by atomic mass is 10.1. The van der Waals surface area contributed by atoms with E-state index in [1.165, 1.54) is 29.4 Å². The Morgan fingerprint density at radius 2 is 2.03 bits per heavy atom. The maximum absolute atomic E-state index is 13.1. The van der Waals surface area contributed by atoms with Crippen LogP contribution >= 0.6 is 22.9 Å². The zero-order valence-corrected chi connectivity index (χ0v) is 17.1. The lowest BCUT2D eigenvalue weighted by molar-refractivity contribution is -0.137. The van der Waals surface area contributed by atoms with Gasteiger partial charge < -0.3 is 14.9 Å². The Bertz CT molecular complexity index is 1100. The number of nitrogens with one attached hydrogen (secondary N) is 1. The van der Waals surface area contributed by atoms with Crippen molar-refractivity contribution in [3.63, 3.8) is 0 Å². The summed E-state index contributed by atoms with van der Waals surface area (Å²) < 4.78 is 45.1. The standard InChI is InChI=1S/C20H15ClF3N3O2S/c1-11-5-6-17(30-11)14-10-28-27-19(26-14)12-7-8-25-9-16(12)29-15-4-2-3-13(18(15)21)20(22,23)24/h2-9,14H,10H2,1H3,(H,26,27). The van der Waals surface area contributed by atoms with Crippen molar-refractivity contribution in [2.24, 2.45) is 5.16 Å². The van der Waals surface area contributed by atoms with Crippen LogP contribution in [0.4, 0.5) is 13.2 Å². The monoisotopic (exact) mass is 453 g/mol. The largest absolute Gasteiger partial charge is 0.453 e. The number of halogens is 4. The van der Waals surface area contributed by atoms with Crippen molar-refractivity contribution >= 4 is 28.8 Å². The Balaban J connectivity index is 1.63. The quantitative estimate of drug-likeness (QED) is 0.531. The molecule has 0 fully saturated rings. The molecule has 3 heterocycles. The molecule has 4 rings (SSSR count). The molecular weight excluding hydrogens is 439 g/mol. The molecule has 5 nitrogen and oxygen atoms in total.